The highest BCUT2D eigenvalue weighted by Crippen LogP contribution is 2.24. The molecule has 178 valence electrons. The molecule has 1 aromatic heterocycles. The summed E-state index contributed by atoms with van der Waals surface area (Å²) >= 11 is 1.54. The minimum Gasteiger partial charge on any atom is -0.452 e. The van der Waals surface area contributed by atoms with Gasteiger partial charge in [0.1, 0.15) is 0 Å². The molecule has 0 saturated carbocycles. The highest BCUT2D eigenvalue weighted by molar-refractivity contribution is 7.89. The number of ether oxygens (including phenoxy) is 1. The van der Waals surface area contributed by atoms with Crippen LogP contribution in [0.2, 0.25) is 0 Å². The summed E-state index contributed by atoms with van der Waals surface area (Å²) < 4.78 is 32.3. The van der Waals surface area contributed by atoms with Gasteiger partial charge in [-0.25, -0.2) is 18.2 Å². The van der Waals surface area contributed by atoms with E-state index in [0.29, 0.717) is 18.8 Å². The molecule has 1 N–H and O–H groups in total. The topological polar surface area (TPSA) is 106 Å². The van der Waals surface area contributed by atoms with Crippen LogP contribution in [0, 0.1) is 6.92 Å². The Morgan fingerprint density at radius 2 is 1.85 bits per heavy atom. The monoisotopic (exact) mass is 499 g/mol. The van der Waals surface area contributed by atoms with Crippen molar-refractivity contribution in [2.45, 2.75) is 31.1 Å². The van der Waals surface area contributed by atoms with Gasteiger partial charge in [0.25, 0.3) is 5.91 Å². The minimum absolute atomic E-state index is 0.0439. The number of carbonyl (C=O) groups excluding carboxylic acids is 2. The fraction of sp³-hybridized carbons (Fsp3) is 0.292. The summed E-state index contributed by atoms with van der Waals surface area (Å²) in [6, 6.07) is 13.0. The zero-order chi connectivity index (χ0) is 24.1. The van der Waals surface area contributed by atoms with Crippen LogP contribution in [-0.4, -0.2) is 49.3 Å². The molecule has 0 aliphatic carbocycles. The van der Waals surface area contributed by atoms with Crippen LogP contribution < -0.4 is 5.32 Å². The van der Waals surface area contributed by atoms with E-state index in [1.54, 1.807) is 29.5 Å². The Morgan fingerprint density at radius 3 is 2.59 bits per heavy atom. The number of piperidine rings is 1. The summed E-state index contributed by atoms with van der Waals surface area (Å²) in [4.78, 5) is 29.3. The van der Waals surface area contributed by atoms with Crippen LogP contribution in [0.1, 0.15) is 34.6 Å². The summed E-state index contributed by atoms with van der Waals surface area (Å²) in [5.74, 6) is -1.27. The van der Waals surface area contributed by atoms with Gasteiger partial charge in [-0.2, -0.15) is 4.31 Å². The molecule has 34 heavy (non-hydrogen) atoms. The average molecular weight is 500 g/mol. The van der Waals surface area contributed by atoms with Gasteiger partial charge in [-0.05, 0) is 50.1 Å². The maximum absolute atomic E-state index is 12.9. The van der Waals surface area contributed by atoms with Crippen molar-refractivity contribution in [3.8, 4) is 11.3 Å². The first-order valence-electron chi connectivity index (χ1n) is 10.9. The molecule has 1 aliphatic rings. The first-order chi connectivity index (χ1) is 16.3. The molecule has 0 atom stereocenters. The van der Waals surface area contributed by atoms with E-state index in [9.17, 15) is 18.0 Å². The van der Waals surface area contributed by atoms with Gasteiger partial charge >= 0.3 is 5.97 Å². The van der Waals surface area contributed by atoms with Crippen molar-refractivity contribution in [1.82, 2.24) is 9.29 Å². The summed E-state index contributed by atoms with van der Waals surface area (Å²) in [6.07, 6.45) is 2.65. The molecular formula is C24H25N3O5S2. The third kappa shape index (κ3) is 5.69. The van der Waals surface area contributed by atoms with E-state index in [0.717, 1.165) is 35.5 Å². The highest BCUT2D eigenvalue weighted by atomic mass is 32.2. The van der Waals surface area contributed by atoms with Gasteiger partial charge in [-0.15, -0.1) is 11.3 Å². The molecule has 1 saturated heterocycles. The molecule has 3 aromatic rings. The number of nitrogens with zero attached hydrogens (tertiary/aromatic N) is 2. The number of sulfonamides is 1. The number of thiazole rings is 1. The predicted octanol–water partition coefficient (Wildman–Crippen LogP) is 4.09. The maximum Gasteiger partial charge on any atom is 0.338 e. The van der Waals surface area contributed by atoms with E-state index < -0.39 is 28.5 Å². The summed E-state index contributed by atoms with van der Waals surface area (Å²) in [5, 5.41) is 5.59. The van der Waals surface area contributed by atoms with Gasteiger partial charge in [-0.1, -0.05) is 24.6 Å². The van der Waals surface area contributed by atoms with Crippen molar-refractivity contribution >= 4 is 38.9 Å². The largest absolute Gasteiger partial charge is 0.452 e. The number of benzene rings is 2. The molecule has 8 nitrogen and oxygen atoms in total. The van der Waals surface area contributed by atoms with Crippen LogP contribution in [0.5, 0.6) is 0 Å². The van der Waals surface area contributed by atoms with Crippen LogP contribution in [0.4, 0.5) is 5.69 Å². The molecule has 2 heterocycles. The Labute approximate surface area is 202 Å². The Balaban J connectivity index is 1.37. The number of hydrogen-bond donors (Lipinski definition) is 1. The Bertz CT molecular complexity index is 1300. The lowest BCUT2D eigenvalue weighted by molar-refractivity contribution is -0.119. The van der Waals surface area contributed by atoms with Gasteiger partial charge in [0, 0.05) is 29.7 Å². The normalized spacial score (nSPS) is 14.5. The molecule has 4 rings (SSSR count). The van der Waals surface area contributed by atoms with E-state index in [-0.39, 0.29) is 10.5 Å². The lowest BCUT2D eigenvalue weighted by atomic mass is 10.1. The second kappa shape index (κ2) is 10.5. The number of nitrogens with one attached hydrogen (secondary N) is 1. The van der Waals surface area contributed by atoms with Crippen molar-refractivity contribution < 1.29 is 22.7 Å². The Morgan fingerprint density at radius 1 is 1.09 bits per heavy atom. The molecule has 0 spiro atoms. The number of rotatable bonds is 7. The summed E-state index contributed by atoms with van der Waals surface area (Å²) in [6.45, 7) is 2.37. The van der Waals surface area contributed by atoms with Crippen LogP contribution in [-0.2, 0) is 19.6 Å². The molecule has 2 aromatic carbocycles. The lowest BCUT2D eigenvalue weighted by Crippen LogP contribution is -2.35. The molecule has 0 unspecified atom stereocenters. The maximum atomic E-state index is 12.9. The van der Waals surface area contributed by atoms with E-state index in [1.165, 1.54) is 28.6 Å². The quantitative estimate of drug-likeness (QED) is 0.491. The molecular weight excluding hydrogens is 474 g/mol. The van der Waals surface area contributed by atoms with Crippen LogP contribution in [0.3, 0.4) is 0 Å². The number of aromatic nitrogens is 1. The van der Waals surface area contributed by atoms with Gasteiger partial charge in [0.05, 0.1) is 21.2 Å². The minimum atomic E-state index is -3.67. The van der Waals surface area contributed by atoms with E-state index in [1.807, 2.05) is 18.4 Å². The number of esters is 1. The molecule has 1 amide bonds. The second-order valence-corrected chi connectivity index (χ2v) is 10.9. The fourth-order valence-corrected chi connectivity index (χ4v) is 5.89. The molecule has 1 aliphatic heterocycles. The first-order valence-corrected chi connectivity index (χ1v) is 13.2. The third-order valence-electron chi connectivity index (χ3n) is 5.42. The van der Waals surface area contributed by atoms with Crippen LogP contribution >= 0.6 is 11.3 Å². The van der Waals surface area contributed by atoms with E-state index in [2.05, 4.69) is 10.3 Å². The first kappa shape index (κ1) is 24.1. The zero-order valence-electron chi connectivity index (χ0n) is 18.7. The van der Waals surface area contributed by atoms with Crippen molar-refractivity contribution in [3.05, 3.63) is 64.5 Å². The van der Waals surface area contributed by atoms with Crippen LogP contribution in [0.25, 0.3) is 11.3 Å². The van der Waals surface area contributed by atoms with Crippen molar-refractivity contribution in [2.75, 3.05) is 25.0 Å². The summed E-state index contributed by atoms with van der Waals surface area (Å²) in [5.41, 5.74) is 2.32. The number of aryl methyl sites for hydroxylation is 1. The van der Waals surface area contributed by atoms with Gasteiger partial charge in [0.15, 0.2) is 6.61 Å². The average Bonchev–Trinajstić information content (AvgIpc) is 3.29. The van der Waals surface area contributed by atoms with Gasteiger partial charge in [0.2, 0.25) is 10.0 Å². The van der Waals surface area contributed by atoms with Crippen molar-refractivity contribution in [1.29, 1.82) is 0 Å². The van der Waals surface area contributed by atoms with Crippen molar-refractivity contribution in [2.24, 2.45) is 0 Å². The molecule has 0 radical (unpaired) electrons. The van der Waals surface area contributed by atoms with Crippen molar-refractivity contribution in [3.63, 3.8) is 0 Å². The molecule has 1 fully saturated rings. The second-order valence-electron chi connectivity index (χ2n) is 7.95. The van der Waals surface area contributed by atoms with E-state index in [4.69, 9.17) is 4.74 Å². The Kier molecular flexibility index (Phi) is 7.40. The predicted molar refractivity (Wildman–Crippen MR) is 130 cm³/mol. The standard InChI is InChI=1S/C24H25N3O5S2/c1-17-25-22(16-33-17)18-7-5-9-20(13-18)26-23(28)15-32-24(29)19-8-6-10-21(14-19)34(30,31)27-11-3-2-4-12-27/h5-10,13-14,16H,2-4,11-12,15H2,1H3,(H,26,28). The third-order valence-corrected chi connectivity index (χ3v) is 8.09. The molecule has 0 bridgehead atoms. The zero-order valence-corrected chi connectivity index (χ0v) is 20.3. The number of hydrogen-bond acceptors (Lipinski definition) is 7. The smallest absolute Gasteiger partial charge is 0.338 e. The fourth-order valence-electron chi connectivity index (χ4n) is 3.70. The number of amides is 1. The summed E-state index contributed by atoms with van der Waals surface area (Å²) in [7, 11) is -3.67. The molecule has 10 heteroatoms. The number of anilines is 1. The SMILES string of the molecule is Cc1nc(-c2cccc(NC(=O)COC(=O)c3cccc(S(=O)(=O)N4CCCCC4)c3)c2)cs1. The van der Waals surface area contributed by atoms with Crippen LogP contribution in [0.15, 0.2) is 58.8 Å². The highest BCUT2D eigenvalue weighted by Gasteiger charge is 2.26. The lowest BCUT2D eigenvalue weighted by Gasteiger charge is -2.25. The Hall–Kier alpha value is -3.08. The number of carbonyl (C=O) groups is 2. The van der Waals surface area contributed by atoms with Gasteiger partial charge in [-0.3, -0.25) is 4.79 Å². The van der Waals surface area contributed by atoms with Gasteiger partial charge < -0.3 is 10.1 Å². The van der Waals surface area contributed by atoms with E-state index >= 15 is 0 Å².